The summed E-state index contributed by atoms with van der Waals surface area (Å²) in [5, 5.41) is 5.71. The van der Waals surface area contributed by atoms with Crippen molar-refractivity contribution in [1.82, 2.24) is 10.6 Å². The van der Waals surface area contributed by atoms with E-state index in [2.05, 4.69) is 30.5 Å². The first-order valence-corrected chi connectivity index (χ1v) is 8.36. The number of hydrogen-bond acceptors (Lipinski definition) is 3. The van der Waals surface area contributed by atoms with Gasteiger partial charge in [-0.25, -0.2) is 0 Å². The van der Waals surface area contributed by atoms with Crippen LogP contribution >= 0.6 is 0 Å². The molecule has 23 heavy (non-hydrogen) atoms. The van der Waals surface area contributed by atoms with Crippen molar-refractivity contribution in [2.75, 3.05) is 25.0 Å². The number of carbonyl (C=O) groups excluding carboxylic acids is 2. The van der Waals surface area contributed by atoms with E-state index in [9.17, 15) is 9.59 Å². The smallest absolute Gasteiger partial charge is 0.242 e. The van der Waals surface area contributed by atoms with Gasteiger partial charge in [-0.2, -0.15) is 0 Å². The van der Waals surface area contributed by atoms with E-state index in [-0.39, 0.29) is 18.4 Å². The molecule has 5 heteroatoms. The molecule has 0 bridgehead atoms. The van der Waals surface area contributed by atoms with Crippen molar-refractivity contribution in [3.05, 3.63) is 29.8 Å². The standard InChI is InChI=1S/C18H27N3O2/c1-13(2)14-8-4-5-10-16(14)21(3)12-17(22)20-15-9-6-7-11-19-18(15)23/h4-5,8,10,13,15H,6-7,9,11-12H2,1-3H3,(H,19,23)(H,20,22). The zero-order valence-corrected chi connectivity index (χ0v) is 14.3. The number of rotatable bonds is 5. The lowest BCUT2D eigenvalue weighted by atomic mass is 10.0. The van der Waals surface area contributed by atoms with Crippen LogP contribution in [0.3, 0.4) is 0 Å². The molecule has 1 fully saturated rings. The van der Waals surface area contributed by atoms with Crippen LogP contribution in [0.5, 0.6) is 0 Å². The Morgan fingerprint density at radius 2 is 2.09 bits per heavy atom. The highest BCUT2D eigenvalue weighted by Crippen LogP contribution is 2.26. The van der Waals surface area contributed by atoms with Crippen molar-refractivity contribution >= 4 is 17.5 Å². The summed E-state index contributed by atoms with van der Waals surface area (Å²) in [6.07, 6.45) is 2.64. The van der Waals surface area contributed by atoms with Crippen molar-refractivity contribution in [2.24, 2.45) is 0 Å². The van der Waals surface area contributed by atoms with Crippen LogP contribution in [0.1, 0.15) is 44.6 Å². The molecule has 1 saturated heterocycles. The molecule has 1 aromatic carbocycles. The Morgan fingerprint density at radius 3 is 2.83 bits per heavy atom. The lowest BCUT2D eigenvalue weighted by Gasteiger charge is -2.24. The predicted octanol–water partition coefficient (Wildman–Crippen LogP) is 2.03. The van der Waals surface area contributed by atoms with Gasteiger partial charge < -0.3 is 15.5 Å². The number of para-hydroxylation sites is 1. The Labute approximate surface area is 138 Å². The highest BCUT2D eigenvalue weighted by Gasteiger charge is 2.23. The molecular formula is C18H27N3O2. The molecule has 0 saturated carbocycles. The van der Waals surface area contributed by atoms with Gasteiger partial charge in [0.2, 0.25) is 11.8 Å². The molecule has 1 unspecified atom stereocenters. The Balaban J connectivity index is 1.98. The highest BCUT2D eigenvalue weighted by molar-refractivity contribution is 5.89. The zero-order chi connectivity index (χ0) is 16.8. The number of amides is 2. The molecule has 1 heterocycles. The minimum Gasteiger partial charge on any atom is -0.365 e. The molecule has 0 radical (unpaired) electrons. The van der Waals surface area contributed by atoms with E-state index in [1.165, 1.54) is 5.56 Å². The minimum absolute atomic E-state index is 0.0684. The first-order valence-electron chi connectivity index (χ1n) is 8.36. The second-order valence-electron chi connectivity index (χ2n) is 6.48. The molecule has 1 aliphatic rings. The maximum absolute atomic E-state index is 12.3. The summed E-state index contributed by atoms with van der Waals surface area (Å²) in [6, 6.07) is 7.71. The van der Waals surface area contributed by atoms with Crippen molar-refractivity contribution in [1.29, 1.82) is 0 Å². The van der Waals surface area contributed by atoms with Crippen molar-refractivity contribution < 1.29 is 9.59 Å². The van der Waals surface area contributed by atoms with Crippen LogP contribution in [-0.2, 0) is 9.59 Å². The summed E-state index contributed by atoms with van der Waals surface area (Å²) >= 11 is 0. The van der Waals surface area contributed by atoms with Crippen LogP contribution in [-0.4, -0.2) is 38.0 Å². The molecular weight excluding hydrogens is 290 g/mol. The second-order valence-corrected chi connectivity index (χ2v) is 6.48. The molecule has 2 amide bonds. The fraction of sp³-hybridized carbons (Fsp3) is 0.556. The van der Waals surface area contributed by atoms with Crippen molar-refractivity contribution in [3.63, 3.8) is 0 Å². The van der Waals surface area contributed by atoms with Crippen LogP contribution in [0.2, 0.25) is 0 Å². The average Bonchev–Trinajstić information content (AvgIpc) is 2.72. The third kappa shape index (κ3) is 4.71. The van der Waals surface area contributed by atoms with Gasteiger partial charge in [-0.3, -0.25) is 9.59 Å². The van der Waals surface area contributed by atoms with Gasteiger partial charge in [0.1, 0.15) is 6.04 Å². The molecule has 0 spiro atoms. The maximum atomic E-state index is 12.3. The topological polar surface area (TPSA) is 61.4 Å². The summed E-state index contributed by atoms with van der Waals surface area (Å²) in [6.45, 7) is 5.23. The number of carbonyl (C=O) groups is 2. The van der Waals surface area contributed by atoms with E-state index < -0.39 is 6.04 Å². The first kappa shape index (κ1) is 17.3. The first-order chi connectivity index (χ1) is 11.0. The molecule has 5 nitrogen and oxygen atoms in total. The van der Waals surface area contributed by atoms with Gasteiger partial charge >= 0.3 is 0 Å². The van der Waals surface area contributed by atoms with E-state index in [0.29, 0.717) is 18.9 Å². The largest absolute Gasteiger partial charge is 0.365 e. The summed E-state index contributed by atoms with van der Waals surface area (Å²) in [7, 11) is 1.91. The van der Waals surface area contributed by atoms with Gasteiger partial charge in [-0.1, -0.05) is 32.0 Å². The number of likely N-dealkylation sites (N-methyl/N-ethyl adjacent to an activating group) is 1. The van der Waals surface area contributed by atoms with Crippen LogP contribution < -0.4 is 15.5 Å². The fourth-order valence-electron chi connectivity index (χ4n) is 2.94. The van der Waals surface area contributed by atoms with E-state index in [1.54, 1.807) is 0 Å². The summed E-state index contributed by atoms with van der Waals surface area (Å²) in [5.74, 6) is 0.207. The Hall–Kier alpha value is -2.04. The van der Waals surface area contributed by atoms with Crippen LogP contribution in [0.25, 0.3) is 0 Å². The van der Waals surface area contributed by atoms with E-state index >= 15 is 0 Å². The van der Waals surface area contributed by atoms with E-state index in [4.69, 9.17) is 0 Å². The molecule has 126 valence electrons. The van der Waals surface area contributed by atoms with Crippen LogP contribution in [0, 0.1) is 0 Å². The molecule has 0 aromatic heterocycles. The molecule has 1 atom stereocenters. The Morgan fingerprint density at radius 1 is 1.35 bits per heavy atom. The summed E-state index contributed by atoms with van der Waals surface area (Å²) in [4.78, 5) is 26.2. The van der Waals surface area contributed by atoms with Gasteiger partial charge in [-0.05, 0) is 36.8 Å². The summed E-state index contributed by atoms with van der Waals surface area (Å²) < 4.78 is 0. The van der Waals surface area contributed by atoms with Gasteiger partial charge in [0.05, 0.1) is 6.54 Å². The van der Waals surface area contributed by atoms with Crippen molar-refractivity contribution in [2.45, 2.75) is 45.1 Å². The second kappa shape index (κ2) is 7.99. The van der Waals surface area contributed by atoms with Gasteiger partial charge in [-0.15, -0.1) is 0 Å². The Bertz CT molecular complexity index is 557. The van der Waals surface area contributed by atoms with Crippen LogP contribution in [0.4, 0.5) is 5.69 Å². The molecule has 2 N–H and O–H groups in total. The molecule has 1 aliphatic heterocycles. The van der Waals surface area contributed by atoms with Gasteiger partial charge in [0, 0.05) is 19.3 Å². The van der Waals surface area contributed by atoms with E-state index in [0.717, 1.165) is 18.5 Å². The number of anilines is 1. The zero-order valence-electron chi connectivity index (χ0n) is 14.3. The molecule has 0 aliphatic carbocycles. The predicted molar refractivity (Wildman–Crippen MR) is 92.6 cm³/mol. The highest BCUT2D eigenvalue weighted by atomic mass is 16.2. The monoisotopic (exact) mass is 317 g/mol. The maximum Gasteiger partial charge on any atom is 0.242 e. The quantitative estimate of drug-likeness (QED) is 0.873. The number of nitrogens with zero attached hydrogens (tertiary/aromatic N) is 1. The molecule has 2 rings (SSSR count). The Kier molecular flexibility index (Phi) is 6.02. The normalized spacial score (nSPS) is 18.3. The van der Waals surface area contributed by atoms with Crippen LogP contribution in [0.15, 0.2) is 24.3 Å². The third-order valence-corrected chi connectivity index (χ3v) is 4.22. The number of hydrogen-bond donors (Lipinski definition) is 2. The SMILES string of the molecule is CC(C)c1ccccc1N(C)CC(=O)NC1CCCCNC1=O. The lowest BCUT2D eigenvalue weighted by molar-refractivity contribution is -0.128. The average molecular weight is 317 g/mol. The van der Waals surface area contributed by atoms with E-state index in [1.807, 2.05) is 30.1 Å². The molecule has 1 aromatic rings. The van der Waals surface area contributed by atoms with Gasteiger partial charge in [0.15, 0.2) is 0 Å². The minimum atomic E-state index is -0.404. The third-order valence-electron chi connectivity index (χ3n) is 4.22. The van der Waals surface area contributed by atoms with Crippen molar-refractivity contribution in [3.8, 4) is 0 Å². The fourth-order valence-corrected chi connectivity index (χ4v) is 2.94. The number of nitrogens with one attached hydrogen (secondary N) is 2. The number of benzene rings is 1. The summed E-state index contributed by atoms with van der Waals surface area (Å²) in [5.41, 5.74) is 2.28. The lowest BCUT2D eigenvalue weighted by Crippen LogP contribution is -2.48. The van der Waals surface area contributed by atoms with Gasteiger partial charge in [0.25, 0.3) is 0 Å².